The number of carboxylic acid groups (broad SMARTS) is 1. The molecule has 1 rings (SSSR count). The number of rotatable bonds is 3. The first kappa shape index (κ1) is 12.4. The fraction of sp³-hybridized carbons (Fsp3) is 0.429. The number of hydrogen-bond acceptors (Lipinski definition) is 2. The lowest BCUT2D eigenvalue weighted by Crippen LogP contribution is -2.22. The quantitative estimate of drug-likeness (QED) is 0.828. The predicted molar refractivity (Wildman–Crippen MR) is 40.2 cm³/mol. The summed E-state index contributed by atoms with van der Waals surface area (Å²) in [5.41, 5.74) is -1.92. The van der Waals surface area contributed by atoms with Crippen molar-refractivity contribution in [2.45, 2.75) is 19.1 Å². The smallest absolute Gasteiger partial charge is 0.408 e. The molecule has 4 nitrogen and oxygen atoms in total. The molecule has 0 fully saturated rings. The molecule has 0 amide bonds. The molecule has 0 bridgehead atoms. The van der Waals surface area contributed by atoms with E-state index in [0.29, 0.717) is 6.07 Å². The van der Waals surface area contributed by atoms with E-state index < -0.39 is 36.5 Å². The van der Waals surface area contributed by atoms with Gasteiger partial charge >= 0.3 is 12.1 Å². The highest BCUT2D eigenvalue weighted by molar-refractivity contribution is 5.85. The molecular formula is C7H5F5N2O2. The van der Waals surface area contributed by atoms with Crippen LogP contribution in [0.15, 0.2) is 6.07 Å². The van der Waals surface area contributed by atoms with E-state index in [-0.39, 0.29) is 4.68 Å². The van der Waals surface area contributed by atoms with Gasteiger partial charge in [0.1, 0.15) is 17.9 Å². The van der Waals surface area contributed by atoms with Gasteiger partial charge in [-0.2, -0.15) is 18.3 Å². The van der Waals surface area contributed by atoms with Crippen LogP contribution in [0.3, 0.4) is 0 Å². The van der Waals surface area contributed by atoms with Crippen LogP contribution in [0.25, 0.3) is 0 Å². The third-order valence-electron chi connectivity index (χ3n) is 1.57. The van der Waals surface area contributed by atoms with Gasteiger partial charge in [-0.05, 0) is 6.07 Å². The Labute approximate surface area is 85.3 Å². The fourth-order valence-electron chi connectivity index (χ4n) is 1.01. The number of aromatic nitrogens is 2. The molecule has 90 valence electrons. The van der Waals surface area contributed by atoms with Crippen LogP contribution in [0.1, 0.15) is 22.6 Å². The van der Waals surface area contributed by atoms with Crippen LogP contribution in [0.4, 0.5) is 22.0 Å². The molecule has 0 spiro atoms. The average molecular weight is 244 g/mol. The Bertz CT molecular complexity index is 398. The van der Waals surface area contributed by atoms with Gasteiger partial charge in [0.15, 0.2) is 0 Å². The van der Waals surface area contributed by atoms with Crippen molar-refractivity contribution in [2.24, 2.45) is 0 Å². The summed E-state index contributed by atoms with van der Waals surface area (Å²) in [5.74, 6) is -1.75. The Kier molecular flexibility index (Phi) is 3.15. The second kappa shape index (κ2) is 4.06. The molecule has 1 heterocycles. The van der Waals surface area contributed by atoms with Crippen LogP contribution in [-0.4, -0.2) is 27.0 Å². The molecule has 0 aliphatic heterocycles. The summed E-state index contributed by atoms with van der Waals surface area (Å²) in [7, 11) is 0. The molecule has 1 N–H and O–H groups in total. The number of carbonyl (C=O) groups is 1. The second-order valence-corrected chi connectivity index (χ2v) is 2.83. The molecule has 0 saturated heterocycles. The highest BCUT2D eigenvalue weighted by Crippen LogP contribution is 2.22. The maximum absolute atomic E-state index is 12.1. The Morgan fingerprint density at radius 1 is 1.50 bits per heavy atom. The topological polar surface area (TPSA) is 55.1 Å². The number of alkyl halides is 5. The summed E-state index contributed by atoms with van der Waals surface area (Å²) in [4.78, 5) is 10.5. The van der Waals surface area contributed by atoms with Crippen LogP contribution in [0.5, 0.6) is 0 Å². The zero-order valence-corrected chi connectivity index (χ0v) is 7.50. The summed E-state index contributed by atoms with van der Waals surface area (Å²) in [6.07, 6.45) is -7.84. The van der Waals surface area contributed by atoms with Gasteiger partial charge in [-0.25, -0.2) is 18.3 Å². The van der Waals surface area contributed by atoms with E-state index in [2.05, 4.69) is 5.10 Å². The Morgan fingerprint density at radius 3 is 2.44 bits per heavy atom. The second-order valence-electron chi connectivity index (χ2n) is 2.83. The summed E-state index contributed by atoms with van der Waals surface area (Å²) in [6, 6.07) is 0.415. The SMILES string of the molecule is O=C(O)c1cc(C(F)F)nn1CC(F)(F)F. The van der Waals surface area contributed by atoms with Crippen molar-refractivity contribution >= 4 is 5.97 Å². The monoisotopic (exact) mass is 244 g/mol. The standard InChI is InChI=1S/C7H5F5N2O2/c8-5(9)3-1-4(6(15)16)14(13-3)2-7(10,11)12/h1,5H,2H2,(H,15,16). The predicted octanol–water partition coefficient (Wildman–Crippen LogP) is 2.08. The van der Waals surface area contributed by atoms with Crippen LogP contribution in [0, 0.1) is 0 Å². The van der Waals surface area contributed by atoms with Crippen LogP contribution in [-0.2, 0) is 6.54 Å². The van der Waals surface area contributed by atoms with Crippen LogP contribution >= 0.6 is 0 Å². The van der Waals surface area contributed by atoms with E-state index in [1.807, 2.05) is 0 Å². The molecular weight excluding hydrogens is 239 g/mol. The maximum atomic E-state index is 12.1. The van der Waals surface area contributed by atoms with Crippen molar-refractivity contribution in [2.75, 3.05) is 0 Å². The Morgan fingerprint density at radius 2 is 2.06 bits per heavy atom. The van der Waals surface area contributed by atoms with Gasteiger partial charge in [-0.1, -0.05) is 0 Å². The molecule has 0 aromatic carbocycles. The summed E-state index contributed by atoms with van der Waals surface area (Å²) in [6.45, 7) is -1.72. The van der Waals surface area contributed by atoms with Crippen LogP contribution in [0.2, 0.25) is 0 Å². The minimum Gasteiger partial charge on any atom is -0.477 e. The van der Waals surface area contributed by atoms with E-state index in [9.17, 15) is 26.7 Å². The first-order chi connectivity index (χ1) is 7.20. The summed E-state index contributed by atoms with van der Waals surface area (Å²) < 4.78 is 60.1. The van der Waals surface area contributed by atoms with E-state index in [4.69, 9.17) is 5.11 Å². The minimum absolute atomic E-state index is 0.0101. The van der Waals surface area contributed by atoms with Crippen molar-refractivity contribution in [1.29, 1.82) is 0 Å². The lowest BCUT2D eigenvalue weighted by Gasteiger charge is -2.07. The first-order valence-corrected chi connectivity index (χ1v) is 3.86. The van der Waals surface area contributed by atoms with E-state index >= 15 is 0 Å². The van der Waals surface area contributed by atoms with Crippen molar-refractivity contribution in [1.82, 2.24) is 9.78 Å². The van der Waals surface area contributed by atoms with Gasteiger partial charge in [0, 0.05) is 0 Å². The van der Waals surface area contributed by atoms with Crippen molar-refractivity contribution in [3.63, 3.8) is 0 Å². The lowest BCUT2D eigenvalue weighted by molar-refractivity contribution is -0.142. The molecule has 0 radical (unpaired) electrons. The highest BCUT2D eigenvalue weighted by Gasteiger charge is 2.31. The van der Waals surface area contributed by atoms with Crippen molar-refractivity contribution in [3.05, 3.63) is 17.5 Å². The molecule has 0 atom stereocenters. The van der Waals surface area contributed by atoms with Gasteiger partial charge in [0.25, 0.3) is 6.43 Å². The van der Waals surface area contributed by atoms with Gasteiger partial charge in [0.05, 0.1) is 0 Å². The zero-order chi connectivity index (χ0) is 12.5. The maximum Gasteiger partial charge on any atom is 0.408 e. The van der Waals surface area contributed by atoms with E-state index in [1.54, 1.807) is 0 Å². The number of aromatic carboxylic acids is 1. The van der Waals surface area contributed by atoms with Gasteiger partial charge in [-0.15, -0.1) is 0 Å². The molecule has 1 aromatic heterocycles. The average Bonchev–Trinajstić information content (AvgIpc) is 2.44. The number of hydrogen-bond donors (Lipinski definition) is 1. The van der Waals surface area contributed by atoms with E-state index in [0.717, 1.165) is 0 Å². The highest BCUT2D eigenvalue weighted by atomic mass is 19.4. The lowest BCUT2D eigenvalue weighted by atomic mass is 10.3. The minimum atomic E-state index is -4.73. The largest absolute Gasteiger partial charge is 0.477 e. The fourth-order valence-corrected chi connectivity index (χ4v) is 1.01. The Balaban J connectivity index is 3.10. The Hall–Kier alpha value is -1.67. The number of halogens is 5. The molecule has 0 saturated carbocycles. The molecule has 0 unspecified atom stereocenters. The van der Waals surface area contributed by atoms with Crippen molar-refractivity contribution < 1.29 is 31.9 Å². The molecule has 0 aliphatic rings. The van der Waals surface area contributed by atoms with Crippen LogP contribution < -0.4 is 0 Å². The van der Waals surface area contributed by atoms with Crippen molar-refractivity contribution in [3.8, 4) is 0 Å². The van der Waals surface area contributed by atoms with Gasteiger partial charge in [0.2, 0.25) is 0 Å². The third-order valence-corrected chi connectivity index (χ3v) is 1.57. The van der Waals surface area contributed by atoms with E-state index in [1.165, 1.54) is 0 Å². The molecule has 1 aromatic rings. The molecule has 9 heteroatoms. The van der Waals surface area contributed by atoms with Gasteiger partial charge < -0.3 is 5.11 Å². The summed E-state index contributed by atoms with van der Waals surface area (Å²) >= 11 is 0. The number of nitrogens with zero attached hydrogens (tertiary/aromatic N) is 2. The molecule has 0 aliphatic carbocycles. The third kappa shape index (κ3) is 2.91. The first-order valence-electron chi connectivity index (χ1n) is 3.86. The normalized spacial score (nSPS) is 12.1. The zero-order valence-electron chi connectivity index (χ0n) is 7.50. The van der Waals surface area contributed by atoms with Gasteiger partial charge in [-0.3, -0.25) is 0 Å². The summed E-state index contributed by atoms with van der Waals surface area (Å²) in [5, 5.41) is 11.4. The molecule has 16 heavy (non-hydrogen) atoms. The number of carboxylic acids is 1.